The third kappa shape index (κ3) is 10.1. The van der Waals surface area contributed by atoms with Crippen molar-refractivity contribution in [1.29, 1.82) is 0 Å². The zero-order valence-electron chi connectivity index (χ0n) is 7.18. The number of halogens is 1. The van der Waals surface area contributed by atoms with Gasteiger partial charge in [-0.3, -0.25) is 0 Å². The lowest BCUT2D eigenvalue weighted by molar-refractivity contribution is 0.0908. The Morgan fingerprint density at radius 2 is 2.25 bits per heavy atom. The highest BCUT2D eigenvalue weighted by Crippen LogP contribution is 1.96. The lowest BCUT2D eigenvalue weighted by atomic mass is 10.4. The summed E-state index contributed by atoms with van der Waals surface area (Å²) in [7, 11) is 0. The van der Waals surface area contributed by atoms with Gasteiger partial charge >= 0.3 is 0 Å². The van der Waals surface area contributed by atoms with E-state index in [1.54, 1.807) is 0 Å². The maximum Gasteiger partial charge on any atom is 0.0697 e. The monoisotopic (exact) mass is 237 g/mol. The molecule has 0 aromatic carbocycles. The zero-order valence-corrected chi connectivity index (χ0v) is 8.77. The van der Waals surface area contributed by atoms with Crippen LogP contribution in [0, 0.1) is 0 Å². The van der Waals surface area contributed by atoms with Crippen molar-refractivity contribution in [3.63, 3.8) is 0 Å². The van der Waals surface area contributed by atoms with Crippen LogP contribution in [0.15, 0.2) is 11.1 Å². The minimum absolute atomic E-state index is 0.103. The Hall–Kier alpha value is 0.1000. The molecule has 0 radical (unpaired) electrons. The maximum atomic E-state index is 8.38. The van der Waals surface area contributed by atoms with E-state index >= 15 is 0 Å². The van der Waals surface area contributed by atoms with Crippen LogP contribution in [0.2, 0.25) is 0 Å². The van der Waals surface area contributed by atoms with E-state index in [9.17, 15) is 0 Å². The SMILES string of the molecule is C=C(Br)CNCCCOCCO. The third-order valence-corrected chi connectivity index (χ3v) is 1.48. The van der Waals surface area contributed by atoms with E-state index in [0.29, 0.717) is 13.2 Å². The molecule has 0 aliphatic rings. The summed E-state index contributed by atoms with van der Waals surface area (Å²) in [6, 6.07) is 0. The fraction of sp³-hybridized carbons (Fsp3) is 0.750. The number of hydrogen-bond acceptors (Lipinski definition) is 3. The summed E-state index contributed by atoms with van der Waals surface area (Å²) in [6.45, 7) is 6.63. The van der Waals surface area contributed by atoms with E-state index in [1.807, 2.05) is 0 Å². The van der Waals surface area contributed by atoms with Crippen LogP contribution >= 0.6 is 15.9 Å². The molecule has 0 saturated heterocycles. The van der Waals surface area contributed by atoms with Crippen LogP contribution in [0.25, 0.3) is 0 Å². The van der Waals surface area contributed by atoms with E-state index in [4.69, 9.17) is 9.84 Å². The third-order valence-electron chi connectivity index (χ3n) is 1.19. The van der Waals surface area contributed by atoms with Gasteiger partial charge in [0.2, 0.25) is 0 Å². The lowest BCUT2D eigenvalue weighted by Crippen LogP contribution is -2.18. The van der Waals surface area contributed by atoms with Gasteiger partial charge in [-0.2, -0.15) is 0 Å². The molecule has 0 aromatic rings. The Labute approximate surface area is 81.9 Å². The molecule has 3 nitrogen and oxygen atoms in total. The van der Waals surface area contributed by atoms with Crippen molar-refractivity contribution in [2.24, 2.45) is 0 Å². The zero-order chi connectivity index (χ0) is 9.23. The fourth-order valence-electron chi connectivity index (χ4n) is 0.690. The Morgan fingerprint density at radius 1 is 1.50 bits per heavy atom. The van der Waals surface area contributed by atoms with Crippen molar-refractivity contribution in [2.75, 3.05) is 32.9 Å². The average molecular weight is 238 g/mol. The summed E-state index contributed by atoms with van der Waals surface area (Å²) in [5.74, 6) is 0. The normalized spacial score (nSPS) is 10.2. The number of hydrogen-bond donors (Lipinski definition) is 2. The molecule has 0 amide bonds. The number of aliphatic hydroxyl groups is 1. The first-order chi connectivity index (χ1) is 5.77. The van der Waals surface area contributed by atoms with Crippen LogP contribution in [-0.2, 0) is 4.74 Å². The highest BCUT2D eigenvalue weighted by Gasteiger charge is 1.89. The first kappa shape index (κ1) is 12.1. The van der Waals surface area contributed by atoms with Gasteiger partial charge in [-0.25, -0.2) is 0 Å². The van der Waals surface area contributed by atoms with Gasteiger partial charge in [0.15, 0.2) is 0 Å². The molecule has 0 saturated carbocycles. The van der Waals surface area contributed by atoms with Crippen molar-refractivity contribution in [2.45, 2.75) is 6.42 Å². The minimum atomic E-state index is 0.103. The van der Waals surface area contributed by atoms with Crippen LogP contribution in [-0.4, -0.2) is 38.0 Å². The van der Waals surface area contributed by atoms with E-state index in [2.05, 4.69) is 27.8 Å². The molecular weight excluding hydrogens is 222 g/mol. The van der Waals surface area contributed by atoms with Gasteiger partial charge < -0.3 is 15.2 Å². The van der Waals surface area contributed by atoms with E-state index in [-0.39, 0.29) is 6.61 Å². The minimum Gasteiger partial charge on any atom is -0.394 e. The summed E-state index contributed by atoms with van der Waals surface area (Å²) in [4.78, 5) is 0. The van der Waals surface area contributed by atoms with Crippen LogP contribution in [0.1, 0.15) is 6.42 Å². The summed E-state index contributed by atoms with van der Waals surface area (Å²) < 4.78 is 6.02. The van der Waals surface area contributed by atoms with Crippen molar-refractivity contribution >= 4 is 15.9 Å². The molecule has 0 atom stereocenters. The van der Waals surface area contributed by atoms with Gasteiger partial charge in [-0.15, -0.1) is 0 Å². The molecule has 0 aliphatic carbocycles. The summed E-state index contributed by atoms with van der Waals surface area (Å²) in [5.41, 5.74) is 0. The largest absolute Gasteiger partial charge is 0.394 e. The standard InChI is InChI=1S/C8H16BrNO2/c1-8(9)7-10-3-2-5-12-6-4-11/h10-11H,1-7H2. The van der Waals surface area contributed by atoms with Gasteiger partial charge in [0.1, 0.15) is 0 Å². The first-order valence-electron chi connectivity index (χ1n) is 4.00. The van der Waals surface area contributed by atoms with Crippen molar-refractivity contribution in [3.05, 3.63) is 11.1 Å². The number of nitrogens with one attached hydrogen (secondary N) is 1. The number of rotatable bonds is 8. The highest BCUT2D eigenvalue weighted by atomic mass is 79.9. The second-order valence-corrected chi connectivity index (χ2v) is 3.51. The van der Waals surface area contributed by atoms with Crippen molar-refractivity contribution < 1.29 is 9.84 Å². The van der Waals surface area contributed by atoms with Crippen LogP contribution in [0.3, 0.4) is 0 Å². The molecule has 12 heavy (non-hydrogen) atoms. The molecule has 0 aliphatic heterocycles. The topological polar surface area (TPSA) is 41.5 Å². The molecule has 0 heterocycles. The van der Waals surface area contributed by atoms with E-state index < -0.39 is 0 Å². The Bertz CT molecular complexity index is 120. The predicted octanol–water partition coefficient (Wildman–Crippen LogP) is 0.884. The van der Waals surface area contributed by atoms with E-state index in [1.165, 1.54) is 0 Å². The molecule has 0 unspecified atom stereocenters. The van der Waals surface area contributed by atoms with Crippen LogP contribution < -0.4 is 5.32 Å². The molecule has 0 aromatic heterocycles. The van der Waals surface area contributed by atoms with Crippen molar-refractivity contribution in [1.82, 2.24) is 5.32 Å². The molecule has 0 rings (SSSR count). The van der Waals surface area contributed by atoms with Crippen LogP contribution in [0.4, 0.5) is 0 Å². The van der Waals surface area contributed by atoms with Gasteiger partial charge in [0.05, 0.1) is 13.2 Å². The molecule has 4 heteroatoms. The second kappa shape index (κ2) is 9.19. The molecule has 2 N–H and O–H groups in total. The summed E-state index contributed by atoms with van der Waals surface area (Å²) >= 11 is 3.25. The van der Waals surface area contributed by atoms with Crippen LogP contribution in [0.5, 0.6) is 0 Å². The molecule has 0 bridgehead atoms. The molecule has 72 valence electrons. The average Bonchev–Trinajstić information content (AvgIpc) is 2.02. The summed E-state index contributed by atoms with van der Waals surface area (Å²) in [6.07, 6.45) is 0.959. The van der Waals surface area contributed by atoms with Gasteiger partial charge in [-0.05, 0) is 13.0 Å². The van der Waals surface area contributed by atoms with Gasteiger partial charge in [0, 0.05) is 17.6 Å². The Morgan fingerprint density at radius 3 is 2.83 bits per heavy atom. The Balaban J connectivity index is 2.86. The maximum absolute atomic E-state index is 8.38. The van der Waals surface area contributed by atoms with Crippen molar-refractivity contribution in [3.8, 4) is 0 Å². The fourth-order valence-corrected chi connectivity index (χ4v) is 0.888. The predicted molar refractivity (Wildman–Crippen MR) is 53.5 cm³/mol. The summed E-state index contributed by atoms with van der Waals surface area (Å²) in [5, 5.41) is 11.6. The number of aliphatic hydroxyl groups excluding tert-OH is 1. The molecule has 0 spiro atoms. The smallest absolute Gasteiger partial charge is 0.0697 e. The quantitative estimate of drug-likeness (QED) is 0.617. The molecule has 0 fully saturated rings. The lowest BCUT2D eigenvalue weighted by Gasteiger charge is -2.03. The second-order valence-electron chi connectivity index (χ2n) is 2.38. The van der Waals surface area contributed by atoms with E-state index in [0.717, 1.165) is 24.0 Å². The Kier molecular flexibility index (Phi) is 9.27. The number of ether oxygens (including phenoxy) is 1. The molecular formula is C8H16BrNO2. The first-order valence-corrected chi connectivity index (χ1v) is 4.79. The van der Waals surface area contributed by atoms with Gasteiger partial charge in [0.25, 0.3) is 0 Å². The van der Waals surface area contributed by atoms with Gasteiger partial charge in [-0.1, -0.05) is 22.5 Å². The highest BCUT2D eigenvalue weighted by molar-refractivity contribution is 9.11.